The molecule has 24 heavy (non-hydrogen) atoms. The highest BCUT2D eigenvalue weighted by molar-refractivity contribution is 5.84. The summed E-state index contributed by atoms with van der Waals surface area (Å²) in [5.41, 5.74) is 0.945. The summed E-state index contributed by atoms with van der Waals surface area (Å²) in [5.74, 6) is 0.200. The lowest BCUT2D eigenvalue weighted by atomic mass is 10.1. The number of carbonyl (C=O) groups is 2. The van der Waals surface area contributed by atoms with Gasteiger partial charge in [-0.3, -0.25) is 9.59 Å². The fraction of sp³-hybridized carbons (Fsp3) is 0.579. The van der Waals surface area contributed by atoms with E-state index < -0.39 is 0 Å². The summed E-state index contributed by atoms with van der Waals surface area (Å²) in [4.78, 5) is 26.7. The number of amides is 2. The third kappa shape index (κ3) is 4.81. The monoisotopic (exact) mass is 329 g/mol. The van der Waals surface area contributed by atoms with Gasteiger partial charge in [-0.15, -0.1) is 0 Å². The van der Waals surface area contributed by atoms with Crippen LogP contribution in [0.25, 0.3) is 0 Å². The summed E-state index contributed by atoms with van der Waals surface area (Å²) in [6.07, 6.45) is 6.02. The number of hydrogen-bond acceptors (Lipinski definition) is 3. The first-order valence-corrected chi connectivity index (χ1v) is 9.10. The van der Waals surface area contributed by atoms with Crippen molar-refractivity contribution in [3.05, 3.63) is 35.9 Å². The Balaban J connectivity index is 1.53. The number of piperidine rings is 1. The van der Waals surface area contributed by atoms with Gasteiger partial charge in [0.15, 0.2) is 0 Å². The second-order valence-electron chi connectivity index (χ2n) is 6.77. The minimum atomic E-state index is -0.388. The van der Waals surface area contributed by atoms with Crippen LogP contribution in [0.1, 0.15) is 50.1 Å². The Bertz CT molecular complexity index is 551. The Kier molecular flexibility index (Phi) is 5.86. The zero-order valence-corrected chi connectivity index (χ0v) is 14.2. The third-order valence-corrected chi connectivity index (χ3v) is 4.71. The average molecular weight is 329 g/mol. The van der Waals surface area contributed by atoms with Gasteiger partial charge in [0, 0.05) is 32.1 Å². The molecule has 2 aliphatic rings. The van der Waals surface area contributed by atoms with Gasteiger partial charge in [-0.2, -0.15) is 0 Å². The van der Waals surface area contributed by atoms with Gasteiger partial charge in [-0.25, -0.2) is 0 Å². The fourth-order valence-electron chi connectivity index (χ4n) is 3.14. The van der Waals surface area contributed by atoms with Crippen molar-refractivity contribution in [3.63, 3.8) is 0 Å². The molecule has 1 heterocycles. The summed E-state index contributed by atoms with van der Waals surface area (Å²) < 4.78 is 0. The van der Waals surface area contributed by atoms with Crippen molar-refractivity contribution in [3.8, 4) is 0 Å². The number of nitrogens with zero attached hydrogens (tertiary/aromatic N) is 1. The highest BCUT2D eigenvalue weighted by atomic mass is 16.2. The number of rotatable bonds is 7. The summed E-state index contributed by atoms with van der Waals surface area (Å²) in [6, 6.07) is 9.67. The number of likely N-dealkylation sites (tertiary alicyclic amines) is 1. The largest absolute Gasteiger partial charge is 0.352 e. The molecule has 0 radical (unpaired) electrons. The number of carbonyl (C=O) groups excluding carboxylic acids is 2. The molecule has 2 fully saturated rings. The van der Waals surface area contributed by atoms with Gasteiger partial charge >= 0.3 is 0 Å². The molecule has 2 N–H and O–H groups in total. The van der Waals surface area contributed by atoms with E-state index >= 15 is 0 Å². The van der Waals surface area contributed by atoms with Gasteiger partial charge in [0.25, 0.3) is 0 Å². The van der Waals surface area contributed by atoms with E-state index in [1.807, 2.05) is 35.2 Å². The summed E-state index contributed by atoms with van der Waals surface area (Å²) in [6.45, 7) is 2.28. The van der Waals surface area contributed by atoms with E-state index in [4.69, 9.17) is 0 Å². The normalized spacial score (nSPS) is 18.9. The van der Waals surface area contributed by atoms with Crippen LogP contribution in [0.15, 0.2) is 30.3 Å². The maximum atomic E-state index is 12.5. The van der Waals surface area contributed by atoms with Crippen LogP contribution in [0.2, 0.25) is 0 Å². The molecule has 1 aliphatic heterocycles. The second-order valence-corrected chi connectivity index (χ2v) is 6.77. The molecular weight excluding hydrogens is 302 g/mol. The molecule has 1 aromatic carbocycles. The topological polar surface area (TPSA) is 61.4 Å². The zero-order valence-electron chi connectivity index (χ0n) is 14.2. The van der Waals surface area contributed by atoms with Gasteiger partial charge in [-0.1, -0.05) is 30.3 Å². The van der Waals surface area contributed by atoms with Crippen LogP contribution in [0.5, 0.6) is 0 Å². The van der Waals surface area contributed by atoms with Crippen LogP contribution in [0, 0.1) is 0 Å². The van der Waals surface area contributed by atoms with Crippen LogP contribution >= 0.6 is 0 Å². The highest BCUT2D eigenvalue weighted by Crippen LogP contribution is 2.21. The maximum absolute atomic E-state index is 12.5. The molecule has 0 aromatic heterocycles. The molecular formula is C19H27N3O2. The molecule has 1 atom stereocenters. The number of hydrogen-bond donors (Lipinski definition) is 2. The van der Waals surface area contributed by atoms with E-state index in [1.165, 1.54) is 6.42 Å². The van der Waals surface area contributed by atoms with Crippen molar-refractivity contribution in [1.82, 2.24) is 15.5 Å². The molecule has 0 bridgehead atoms. The molecule has 5 nitrogen and oxygen atoms in total. The van der Waals surface area contributed by atoms with E-state index in [-0.39, 0.29) is 17.9 Å². The summed E-state index contributed by atoms with van der Waals surface area (Å²) in [5, 5.41) is 6.34. The second kappa shape index (κ2) is 8.29. The summed E-state index contributed by atoms with van der Waals surface area (Å²) in [7, 11) is 0. The van der Waals surface area contributed by atoms with Gasteiger partial charge in [-0.05, 0) is 37.7 Å². The molecule has 0 spiro atoms. The quantitative estimate of drug-likeness (QED) is 0.804. The zero-order chi connectivity index (χ0) is 16.8. The van der Waals surface area contributed by atoms with E-state index in [9.17, 15) is 9.59 Å². The van der Waals surface area contributed by atoms with Crippen LogP contribution in [-0.4, -0.2) is 42.4 Å². The molecule has 130 valence electrons. The Hall–Kier alpha value is -1.88. The number of benzene rings is 1. The van der Waals surface area contributed by atoms with E-state index in [0.717, 1.165) is 44.3 Å². The third-order valence-electron chi connectivity index (χ3n) is 4.71. The van der Waals surface area contributed by atoms with E-state index in [2.05, 4.69) is 10.6 Å². The molecule has 1 saturated carbocycles. The SMILES string of the molecule is O=C(NC1CC1)[C@@H](NCCC(=O)N1CCCCC1)c1ccccc1. The van der Waals surface area contributed by atoms with Crippen molar-refractivity contribution in [2.75, 3.05) is 19.6 Å². The Morgan fingerprint density at radius 2 is 1.79 bits per heavy atom. The van der Waals surface area contributed by atoms with E-state index in [0.29, 0.717) is 19.0 Å². The lowest BCUT2D eigenvalue weighted by molar-refractivity contribution is -0.132. The Morgan fingerprint density at radius 1 is 1.08 bits per heavy atom. The Labute approximate surface area is 143 Å². The lowest BCUT2D eigenvalue weighted by Gasteiger charge is -2.27. The molecule has 1 saturated heterocycles. The lowest BCUT2D eigenvalue weighted by Crippen LogP contribution is -2.41. The first-order chi connectivity index (χ1) is 11.7. The maximum Gasteiger partial charge on any atom is 0.241 e. The number of nitrogens with one attached hydrogen (secondary N) is 2. The molecule has 3 rings (SSSR count). The fourth-order valence-corrected chi connectivity index (χ4v) is 3.14. The molecule has 0 unspecified atom stereocenters. The molecule has 2 amide bonds. The van der Waals surface area contributed by atoms with Crippen LogP contribution in [0.4, 0.5) is 0 Å². The van der Waals surface area contributed by atoms with Crippen molar-refractivity contribution in [2.45, 2.75) is 50.6 Å². The van der Waals surface area contributed by atoms with Crippen LogP contribution in [0.3, 0.4) is 0 Å². The predicted molar refractivity (Wildman–Crippen MR) is 93.4 cm³/mol. The van der Waals surface area contributed by atoms with Crippen molar-refractivity contribution >= 4 is 11.8 Å². The first-order valence-electron chi connectivity index (χ1n) is 9.10. The van der Waals surface area contributed by atoms with Gasteiger partial charge in [0.1, 0.15) is 6.04 Å². The smallest absolute Gasteiger partial charge is 0.241 e. The van der Waals surface area contributed by atoms with Crippen molar-refractivity contribution in [1.29, 1.82) is 0 Å². The molecule has 5 heteroatoms. The average Bonchev–Trinajstić information content (AvgIpc) is 3.44. The first kappa shape index (κ1) is 17.0. The standard InChI is InChI=1S/C19H27N3O2/c23-17(22-13-5-2-6-14-22)11-12-20-18(15-7-3-1-4-8-15)19(24)21-16-9-10-16/h1,3-4,7-8,16,18,20H,2,5-6,9-14H2,(H,21,24)/t18-/m0/s1. The van der Waals surface area contributed by atoms with Gasteiger partial charge in [0.05, 0.1) is 0 Å². The van der Waals surface area contributed by atoms with Crippen molar-refractivity contribution in [2.24, 2.45) is 0 Å². The summed E-state index contributed by atoms with van der Waals surface area (Å²) >= 11 is 0. The molecule has 1 aromatic rings. The van der Waals surface area contributed by atoms with Crippen molar-refractivity contribution < 1.29 is 9.59 Å². The van der Waals surface area contributed by atoms with Gasteiger partial charge < -0.3 is 15.5 Å². The minimum Gasteiger partial charge on any atom is -0.352 e. The Morgan fingerprint density at radius 3 is 2.46 bits per heavy atom. The molecule has 1 aliphatic carbocycles. The highest BCUT2D eigenvalue weighted by Gasteiger charge is 2.28. The van der Waals surface area contributed by atoms with E-state index in [1.54, 1.807) is 0 Å². The van der Waals surface area contributed by atoms with Gasteiger partial charge in [0.2, 0.25) is 11.8 Å². The van der Waals surface area contributed by atoms with Crippen LogP contribution < -0.4 is 10.6 Å². The predicted octanol–water partition coefficient (Wildman–Crippen LogP) is 2.00. The van der Waals surface area contributed by atoms with Crippen LogP contribution in [-0.2, 0) is 9.59 Å². The minimum absolute atomic E-state index is 0.00845.